The predicted molar refractivity (Wildman–Crippen MR) is 106 cm³/mol. The van der Waals surface area contributed by atoms with Gasteiger partial charge in [0.25, 0.3) is 5.91 Å². The highest BCUT2D eigenvalue weighted by Gasteiger charge is 2.33. The van der Waals surface area contributed by atoms with E-state index < -0.39 is 0 Å². The maximum Gasteiger partial charge on any atom is 0.254 e. The maximum atomic E-state index is 12.9. The highest BCUT2D eigenvalue weighted by atomic mass is 32.2. The fourth-order valence-electron chi connectivity index (χ4n) is 4.57. The van der Waals surface area contributed by atoms with E-state index in [2.05, 4.69) is 15.5 Å². The lowest BCUT2D eigenvalue weighted by molar-refractivity contribution is 0.0876. The molecule has 2 aromatic rings. The molecule has 0 aliphatic heterocycles. The summed E-state index contributed by atoms with van der Waals surface area (Å²) in [5.74, 6) is 3.13. The summed E-state index contributed by atoms with van der Waals surface area (Å²) in [4.78, 5) is 17.3. The van der Waals surface area contributed by atoms with Gasteiger partial charge in [0.05, 0.1) is 11.3 Å². The quantitative estimate of drug-likeness (QED) is 0.752. The Hall–Kier alpha value is -1.82. The van der Waals surface area contributed by atoms with Crippen molar-refractivity contribution in [3.05, 3.63) is 41.4 Å². The lowest BCUT2D eigenvalue weighted by Gasteiger charge is -2.39. The Labute approximate surface area is 164 Å². The zero-order valence-corrected chi connectivity index (χ0v) is 16.6. The number of aryl methyl sites for hydroxylation is 1. The Balaban J connectivity index is 1.38. The van der Waals surface area contributed by atoms with Crippen LogP contribution in [0.2, 0.25) is 0 Å². The third kappa shape index (κ3) is 4.54. The number of nitrogens with one attached hydrogen (secondary N) is 1. The summed E-state index contributed by atoms with van der Waals surface area (Å²) in [5.41, 5.74) is 1.53. The molecule has 2 saturated carbocycles. The van der Waals surface area contributed by atoms with Gasteiger partial charge in [0.2, 0.25) is 0 Å². The number of amides is 1. The highest BCUT2D eigenvalue weighted by Crippen LogP contribution is 2.40. The number of hydrogen-bond donors (Lipinski definition) is 1. The van der Waals surface area contributed by atoms with Gasteiger partial charge in [-0.05, 0) is 50.2 Å². The molecule has 0 unspecified atom stereocenters. The third-order valence-corrected chi connectivity index (χ3v) is 6.96. The molecule has 2 fully saturated rings. The van der Waals surface area contributed by atoms with Gasteiger partial charge in [-0.25, -0.2) is 4.98 Å². The normalized spacial score (nSPS) is 25.0. The summed E-state index contributed by atoms with van der Waals surface area (Å²) in [7, 11) is 0. The van der Waals surface area contributed by atoms with Crippen molar-refractivity contribution in [2.24, 2.45) is 11.8 Å². The molecule has 144 valence electrons. The first-order valence-electron chi connectivity index (χ1n) is 10.00. The minimum atomic E-state index is 0.00110. The molecule has 27 heavy (non-hydrogen) atoms. The van der Waals surface area contributed by atoms with E-state index >= 15 is 0 Å². The molecule has 1 N–H and O–H groups in total. The Morgan fingerprint density at radius 3 is 2.93 bits per heavy atom. The van der Waals surface area contributed by atoms with Crippen LogP contribution in [0.15, 0.2) is 33.9 Å². The molecular formula is C21H27N3O2S. The number of hydrogen-bond acceptors (Lipinski definition) is 5. The Kier molecular flexibility index (Phi) is 5.81. The van der Waals surface area contributed by atoms with Crippen LogP contribution in [0.25, 0.3) is 0 Å². The number of fused-ring (bicyclic) bond motifs is 1. The minimum absolute atomic E-state index is 0.00110. The van der Waals surface area contributed by atoms with Crippen LogP contribution in [0.3, 0.4) is 0 Å². The van der Waals surface area contributed by atoms with Crippen LogP contribution in [0.4, 0.5) is 0 Å². The standard InChI is InChI=1S/C21H27N3O2S/c1-14-11-18(24-26-14)13-27-21-19(7-4-10-22-21)20(25)23-17-9-8-15-5-2-3-6-16(15)12-17/h4,7,10-11,15-17H,2-3,5-6,8-9,12-13H2,1H3,(H,23,25)/t15-,16-,17+/m1/s1. The van der Waals surface area contributed by atoms with Gasteiger partial charge in [-0.2, -0.15) is 0 Å². The maximum absolute atomic E-state index is 12.9. The van der Waals surface area contributed by atoms with E-state index in [-0.39, 0.29) is 5.91 Å². The fourth-order valence-corrected chi connectivity index (χ4v) is 5.45. The summed E-state index contributed by atoms with van der Waals surface area (Å²) < 4.78 is 5.11. The van der Waals surface area contributed by atoms with Crippen molar-refractivity contribution >= 4 is 17.7 Å². The molecule has 5 nitrogen and oxygen atoms in total. The number of pyridine rings is 1. The Morgan fingerprint density at radius 1 is 1.26 bits per heavy atom. The molecule has 2 aromatic heterocycles. The van der Waals surface area contributed by atoms with Crippen molar-refractivity contribution in [1.29, 1.82) is 0 Å². The van der Waals surface area contributed by atoms with Gasteiger partial charge in [-0.3, -0.25) is 4.79 Å². The highest BCUT2D eigenvalue weighted by molar-refractivity contribution is 7.98. The number of carbonyl (C=O) groups is 1. The van der Waals surface area contributed by atoms with Gasteiger partial charge >= 0.3 is 0 Å². The first-order chi connectivity index (χ1) is 13.2. The molecule has 1 amide bonds. The molecule has 4 rings (SSSR count). The van der Waals surface area contributed by atoms with E-state index in [1.165, 1.54) is 43.9 Å². The summed E-state index contributed by atoms with van der Waals surface area (Å²) in [6, 6.07) is 5.91. The fraction of sp³-hybridized carbons (Fsp3) is 0.571. The summed E-state index contributed by atoms with van der Waals surface area (Å²) in [6.07, 6.45) is 10.7. The second-order valence-electron chi connectivity index (χ2n) is 7.86. The van der Waals surface area contributed by atoms with E-state index in [1.807, 2.05) is 25.1 Å². The van der Waals surface area contributed by atoms with E-state index in [0.29, 0.717) is 17.4 Å². The van der Waals surface area contributed by atoms with Crippen LogP contribution in [0.5, 0.6) is 0 Å². The average molecular weight is 386 g/mol. The van der Waals surface area contributed by atoms with Gasteiger partial charge in [0, 0.05) is 24.1 Å². The van der Waals surface area contributed by atoms with Crippen LogP contribution >= 0.6 is 11.8 Å². The van der Waals surface area contributed by atoms with E-state index in [0.717, 1.165) is 41.2 Å². The number of rotatable bonds is 5. The molecule has 0 bridgehead atoms. The molecule has 2 aliphatic rings. The third-order valence-electron chi connectivity index (χ3n) is 5.92. The molecule has 0 radical (unpaired) electrons. The smallest absolute Gasteiger partial charge is 0.254 e. The second kappa shape index (κ2) is 8.46. The first kappa shape index (κ1) is 18.5. The zero-order chi connectivity index (χ0) is 18.6. The van der Waals surface area contributed by atoms with Gasteiger partial charge in [0.15, 0.2) is 0 Å². The molecule has 2 heterocycles. The van der Waals surface area contributed by atoms with Crippen molar-refractivity contribution < 1.29 is 9.32 Å². The van der Waals surface area contributed by atoms with Crippen LogP contribution in [0, 0.1) is 18.8 Å². The molecule has 0 saturated heterocycles. The molecule has 6 heteroatoms. The van der Waals surface area contributed by atoms with E-state index in [4.69, 9.17) is 4.52 Å². The van der Waals surface area contributed by atoms with Crippen molar-refractivity contribution in [2.75, 3.05) is 0 Å². The molecule has 2 aliphatic carbocycles. The summed E-state index contributed by atoms with van der Waals surface area (Å²) >= 11 is 1.53. The van der Waals surface area contributed by atoms with Crippen molar-refractivity contribution in [2.45, 2.75) is 68.7 Å². The Bertz CT molecular complexity index is 791. The number of aromatic nitrogens is 2. The van der Waals surface area contributed by atoms with Crippen molar-refractivity contribution in [3.63, 3.8) is 0 Å². The largest absolute Gasteiger partial charge is 0.361 e. The Morgan fingerprint density at radius 2 is 2.11 bits per heavy atom. The number of nitrogens with zero attached hydrogens (tertiary/aromatic N) is 2. The summed E-state index contributed by atoms with van der Waals surface area (Å²) in [5, 5.41) is 8.05. The molecule has 3 atom stereocenters. The van der Waals surface area contributed by atoms with Gasteiger partial charge in [-0.15, -0.1) is 0 Å². The second-order valence-corrected chi connectivity index (χ2v) is 8.83. The monoisotopic (exact) mass is 385 g/mol. The lowest BCUT2D eigenvalue weighted by Crippen LogP contribution is -2.41. The van der Waals surface area contributed by atoms with Gasteiger partial charge < -0.3 is 9.84 Å². The minimum Gasteiger partial charge on any atom is -0.361 e. The van der Waals surface area contributed by atoms with Crippen LogP contribution in [-0.4, -0.2) is 22.1 Å². The topological polar surface area (TPSA) is 68.0 Å². The van der Waals surface area contributed by atoms with Crippen LogP contribution in [-0.2, 0) is 5.75 Å². The first-order valence-corrected chi connectivity index (χ1v) is 11.0. The predicted octanol–water partition coefficient (Wildman–Crippen LogP) is 4.76. The number of thioether (sulfide) groups is 1. The molecule has 0 aromatic carbocycles. The van der Waals surface area contributed by atoms with Crippen molar-refractivity contribution in [1.82, 2.24) is 15.5 Å². The van der Waals surface area contributed by atoms with Crippen LogP contribution < -0.4 is 5.32 Å². The van der Waals surface area contributed by atoms with E-state index in [9.17, 15) is 4.79 Å². The zero-order valence-electron chi connectivity index (χ0n) is 15.8. The van der Waals surface area contributed by atoms with Crippen LogP contribution in [0.1, 0.15) is 66.8 Å². The van der Waals surface area contributed by atoms with Gasteiger partial charge in [-0.1, -0.05) is 42.6 Å². The lowest BCUT2D eigenvalue weighted by atomic mass is 9.69. The summed E-state index contributed by atoms with van der Waals surface area (Å²) in [6.45, 7) is 1.88. The average Bonchev–Trinajstić information content (AvgIpc) is 3.11. The molecule has 0 spiro atoms. The van der Waals surface area contributed by atoms with E-state index in [1.54, 1.807) is 6.20 Å². The SMILES string of the molecule is Cc1cc(CSc2ncccc2C(=O)N[C@H]2CC[C@H]3CCCC[C@@H]3C2)no1. The van der Waals surface area contributed by atoms with Crippen molar-refractivity contribution in [3.8, 4) is 0 Å². The van der Waals surface area contributed by atoms with Gasteiger partial charge in [0.1, 0.15) is 10.8 Å². The molecular weight excluding hydrogens is 358 g/mol. The number of carbonyl (C=O) groups excluding carboxylic acids is 1.